The summed E-state index contributed by atoms with van der Waals surface area (Å²) in [5.41, 5.74) is 6.41. The summed E-state index contributed by atoms with van der Waals surface area (Å²) < 4.78 is 4.91. The summed E-state index contributed by atoms with van der Waals surface area (Å²) in [4.78, 5) is 15.4. The maximum absolute atomic E-state index is 5.20. The number of aromatic nitrogens is 5. The molecule has 0 N–H and O–H groups in total. The molecule has 1 radical (unpaired) electrons. The maximum Gasteiger partial charge on any atom is 3.00 e. The van der Waals surface area contributed by atoms with E-state index in [9.17, 15) is 0 Å². The first-order chi connectivity index (χ1) is 16.9. The van der Waals surface area contributed by atoms with Gasteiger partial charge in [-0.3, -0.25) is 0 Å². The average Bonchev–Trinajstić information content (AvgIpc) is 3.68. The molecule has 0 amide bonds. The Kier molecular flexibility index (Phi) is 10.3. The van der Waals surface area contributed by atoms with Gasteiger partial charge in [-0.05, 0) is 62.1 Å². The topological polar surface area (TPSA) is 48.5 Å². The Morgan fingerprint density at radius 1 is 0.500 bits per heavy atom. The Morgan fingerprint density at radius 3 is 1.32 bits per heavy atom. The van der Waals surface area contributed by atoms with E-state index in [1.807, 2.05) is 0 Å². The zero-order chi connectivity index (χ0) is 22.5. The van der Waals surface area contributed by atoms with Crippen molar-refractivity contribution in [2.75, 3.05) is 0 Å². The van der Waals surface area contributed by atoms with Crippen molar-refractivity contribution in [3.05, 3.63) is 66.7 Å². The van der Waals surface area contributed by atoms with E-state index in [4.69, 9.17) is 15.0 Å². The Morgan fingerprint density at radius 2 is 0.895 bits per heavy atom. The van der Waals surface area contributed by atoms with Crippen LogP contribution in [0.3, 0.4) is 0 Å². The van der Waals surface area contributed by atoms with Crippen LogP contribution in [-0.4, -0.2) is 24.1 Å². The van der Waals surface area contributed by atoms with Crippen molar-refractivity contribution < 1.29 is 54.3 Å². The third kappa shape index (κ3) is 5.22. The van der Waals surface area contributed by atoms with Gasteiger partial charge in [-0.25, -0.2) is 15.0 Å². The fourth-order valence-electron chi connectivity index (χ4n) is 6.20. The Hall–Kier alpha value is -2.08. The zero-order valence-electron chi connectivity index (χ0n) is 20.9. The second-order valence-electron chi connectivity index (χ2n) is 9.87. The summed E-state index contributed by atoms with van der Waals surface area (Å²) in [6.45, 7) is 0. The van der Waals surface area contributed by atoms with E-state index < -0.39 is 0 Å². The van der Waals surface area contributed by atoms with Gasteiger partial charge < -0.3 is 46.4 Å². The van der Waals surface area contributed by atoms with Crippen LogP contribution in [0.5, 0.6) is 0 Å². The van der Waals surface area contributed by atoms with Crippen LogP contribution in [0.1, 0.15) is 63.5 Å². The first-order valence-corrected chi connectivity index (χ1v) is 12.8. The molecule has 3 aromatic heterocycles. The Labute approximate surface area is 252 Å². The van der Waals surface area contributed by atoms with Crippen molar-refractivity contribution >= 4 is 22.1 Å². The molecule has 5 aromatic rings. The number of halogens is 3. The van der Waals surface area contributed by atoms with Crippen LogP contribution in [0.4, 0.5) is 0 Å². The third-order valence-corrected chi connectivity index (χ3v) is 7.78. The van der Waals surface area contributed by atoms with Crippen molar-refractivity contribution in [1.82, 2.24) is 24.1 Å². The fraction of sp³-hybridized carbons (Fsp3) is 0.345. The number of hydrogen-bond acceptors (Lipinski definition) is 3. The molecule has 3 heterocycles. The van der Waals surface area contributed by atoms with Gasteiger partial charge in [-0.1, -0.05) is 56.0 Å². The van der Waals surface area contributed by atoms with E-state index in [2.05, 4.69) is 75.9 Å². The van der Waals surface area contributed by atoms with E-state index in [0.29, 0.717) is 12.1 Å². The molecule has 9 heteroatoms. The predicted molar refractivity (Wildman–Crippen MR) is 137 cm³/mol. The normalized spacial score (nSPS) is 15.6. The molecule has 0 spiro atoms. The summed E-state index contributed by atoms with van der Waals surface area (Å²) >= 11 is 0. The second-order valence-corrected chi connectivity index (χ2v) is 9.87. The fourth-order valence-corrected chi connectivity index (χ4v) is 6.20. The Balaban J connectivity index is 0.000001000. The molecule has 0 bridgehead atoms. The van der Waals surface area contributed by atoms with Gasteiger partial charge in [0.15, 0.2) is 11.6 Å². The molecule has 0 atom stereocenters. The van der Waals surface area contributed by atoms with Crippen LogP contribution in [0.25, 0.3) is 45.1 Å². The molecule has 199 valence electrons. The predicted octanol–water partition coefficient (Wildman–Crippen LogP) is -1.65. The first kappa shape index (κ1) is 30.5. The molecule has 2 aliphatic rings. The van der Waals surface area contributed by atoms with E-state index in [-0.39, 0.29) is 54.3 Å². The average molecular weight is 610 g/mol. The number of benzene rings is 2. The molecule has 0 unspecified atom stereocenters. The number of imidazole rings is 2. The number of rotatable bonds is 4. The van der Waals surface area contributed by atoms with E-state index in [1.54, 1.807) is 0 Å². The largest absolute Gasteiger partial charge is 3.00 e. The number of fused-ring (bicyclic) bond motifs is 2. The molecular formula is C29H29Cl3FeN5. The minimum Gasteiger partial charge on any atom is -1.00 e. The number of nitrogens with zero attached hydrogens (tertiary/aromatic N) is 5. The minimum atomic E-state index is 0. The summed E-state index contributed by atoms with van der Waals surface area (Å²) in [5, 5.41) is 0. The quantitative estimate of drug-likeness (QED) is 0.230. The number of para-hydroxylation sites is 4. The van der Waals surface area contributed by atoms with Gasteiger partial charge in [0, 0.05) is 12.1 Å². The van der Waals surface area contributed by atoms with E-state index in [0.717, 1.165) is 34.1 Å². The molecule has 2 aliphatic carbocycles. The van der Waals surface area contributed by atoms with Gasteiger partial charge in [0.25, 0.3) is 0 Å². The number of hydrogen-bond donors (Lipinski definition) is 0. The molecule has 2 fully saturated rings. The first-order valence-electron chi connectivity index (χ1n) is 12.8. The molecule has 7 rings (SSSR count). The van der Waals surface area contributed by atoms with Crippen LogP contribution in [-0.2, 0) is 17.1 Å². The van der Waals surface area contributed by atoms with Crippen molar-refractivity contribution in [2.24, 2.45) is 0 Å². The third-order valence-electron chi connectivity index (χ3n) is 7.78. The standard InChI is InChI=1S/C29H29N5.3ClH.Fe/c1-2-11-20(10-1)33-26-18-7-5-14-22(26)31-28(33)24-16-9-17-25(30-24)29-32-23-15-6-8-19-27(23)34(29)21-12-3-4-13-21;;;;/h5-9,14-21H,1-4,10-13H2;3*1H;/q;;;;+3/p-3. The smallest absolute Gasteiger partial charge is 1.00 e. The molecule has 38 heavy (non-hydrogen) atoms. The van der Waals surface area contributed by atoms with Crippen LogP contribution < -0.4 is 37.2 Å². The van der Waals surface area contributed by atoms with Crippen molar-refractivity contribution in [2.45, 2.75) is 63.5 Å². The molecule has 0 aliphatic heterocycles. The summed E-state index contributed by atoms with van der Waals surface area (Å²) in [6, 6.07) is 24.4. The van der Waals surface area contributed by atoms with E-state index in [1.165, 1.54) is 62.4 Å². The van der Waals surface area contributed by atoms with Gasteiger partial charge in [0.1, 0.15) is 11.4 Å². The minimum absolute atomic E-state index is 0. The summed E-state index contributed by atoms with van der Waals surface area (Å²) in [6.07, 6.45) is 10.0. The van der Waals surface area contributed by atoms with Gasteiger partial charge in [-0.2, -0.15) is 0 Å². The van der Waals surface area contributed by atoms with Crippen LogP contribution in [0.2, 0.25) is 0 Å². The van der Waals surface area contributed by atoms with Crippen molar-refractivity contribution in [3.63, 3.8) is 0 Å². The van der Waals surface area contributed by atoms with Crippen molar-refractivity contribution in [3.8, 4) is 23.0 Å². The van der Waals surface area contributed by atoms with E-state index >= 15 is 0 Å². The van der Waals surface area contributed by atoms with Gasteiger partial charge >= 0.3 is 17.1 Å². The SMILES string of the molecule is [Cl-].[Cl-].[Cl-].[Fe+3].c1cc(-c2nc3ccccc3n2C2CCCC2)nc(-c2nc3ccccc3n2C2CCCC2)c1. The van der Waals surface area contributed by atoms with Gasteiger partial charge in [0.2, 0.25) is 0 Å². The maximum atomic E-state index is 5.20. The second kappa shape index (κ2) is 12.8. The monoisotopic (exact) mass is 608 g/mol. The molecular weight excluding hydrogens is 581 g/mol. The van der Waals surface area contributed by atoms with Crippen molar-refractivity contribution in [1.29, 1.82) is 0 Å². The summed E-state index contributed by atoms with van der Waals surface area (Å²) in [7, 11) is 0. The van der Waals surface area contributed by atoms with Gasteiger partial charge in [-0.15, -0.1) is 0 Å². The zero-order valence-corrected chi connectivity index (χ0v) is 24.3. The molecule has 5 nitrogen and oxygen atoms in total. The van der Waals surface area contributed by atoms with Crippen LogP contribution in [0.15, 0.2) is 66.7 Å². The molecule has 0 saturated heterocycles. The van der Waals surface area contributed by atoms with Gasteiger partial charge in [0.05, 0.1) is 22.1 Å². The Bertz CT molecular complexity index is 1390. The van der Waals surface area contributed by atoms with Crippen LogP contribution in [0, 0.1) is 0 Å². The number of pyridine rings is 1. The summed E-state index contributed by atoms with van der Waals surface area (Å²) in [5.74, 6) is 1.97. The molecule has 2 aromatic carbocycles. The van der Waals surface area contributed by atoms with Crippen LogP contribution >= 0.6 is 0 Å². The molecule has 2 saturated carbocycles.